The third-order valence-corrected chi connectivity index (χ3v) is 4.74. The van der Waals surface area contributed by atoms with Crippen LogP contribution in [0.4, 0.5) is 0 Å². The molecule has 3 rings (SSSR count). The summed E-state index contributed by atoms with van der Waals surface area (Å²) in [5, 5.41) is 0. The Bertz CT molecular complexity index is 440. The van der Waals surface area contributed by atoms with Crippen molar-refractivity contribution in [2.75, 3.05) is 0 Å². The van der Waals surface area contributed by atoms with Crippen molar-refractivity contribution >= 4 is 0 Å². The van der Waals surface area contributed by atoms with Crippen molar-refractivity contribution < 1.29 is 4.42 Å². The standard InChI is InChI=1S/C15H20O/c1-10-5-4-6-15(3)8-14-12(7-13(10)15)11(2)9-16-14/h9,13H,1,4-8H2,2-3H3/t13-,15-/m0/s1. The first-order valence-electron chi connectivity index (χ1n) is 6.34. The highest BCUT2D eigenvalue weighted by Gasteiger charge is 2.43. The summed E-state index contributed by atoms with van der Waals surface area (Å²) in [6.45, 7) is 8.88. The molecule has 0 radical (unpaired) electrons. The number of aryl methyl sites for hydroxylation is 1. The lowest BCUT2D eigenvalue weighted by Crippen LogP contribution is -2.38. The largest absolute Gasteiger partial charge is 0.469 e. The van der Waals surface area contributed by atoms with Crippen LogP contribution in [0.1, 0.15) is 43.1 Å². The summed E-state index contributed by atoms with van der Waals surface area (Å²) < 4.78 is 5.71. The van der Waals surface area contributed by atoms with Crippen LogP contribution in [0.25, 0.3) is 0 Å². The van der Waals surface area contributed by atoms with E-state index in [1.807, 2.05) is 6.26 Å². The van der Waals surface area contributed by atoms with Gasteiger partial charge in [0.2, 0.25) is 0 Å². The van der Waals surface area contributed by atoms with Crippen LogP contribution in [0.5, 0.6) is 0 Å². The van der Waals surface area contributed by atoms with Gasteiger partial charge in [-0.1, -0.05) is 19.1 Å². The van der Waals surface area contributed by atoms with Gasteiger partial charge in [-0.15, -0.1) is 0 Å². The molecule has 86 valence electrons. The van der Waals surface area contributed by atoms with E-state index in [0.717, 1.165) is 12.8 Å². The predicted molar refractivity (Wildman–Crippen MR) is 65.4 cm³/mol. The smallest absolute Gasteiger partial charge is 0.107 e. The Morgan fingerprint density at radius 1 is 1.50 bits per heavy atom. The Labute approximate surface area is 97.5 Å². The van der Waals surface area contributed by atoms with E-state index < -0.39 is 0 Å². The summed E-state index contributed by atoms with van der Waals surface area (Å²) in [6, 6.07) is 0. The van der Waals surface area contributed by atoms with Gasteiger partial charge in [0.05, 0.1) is 6.26 Å². The van der Waals surface area contributed by atoms with E-state index in [4.69, 9.17) is 4.42 Å². The molecule has 0 amide bonds. The molecule has 0 aromatic carbocycles. The van der Waals surface area contributed by atoms with E-state index >= 15 is 0 Å². The lowest BCUT2D eigenvalue weighted by Gasteiger charge is -2.45. The molecule has 1 fully saturated rings. The molecule has 16 heavy (non-hydrogen) atoms. The van der Waals surface area contributed by atoms with Crippen LogP contribution in [0.3, 0.4) is 0 Å². The molecule has 0 aliphatic heterocycles. The SMILES string of the molecule is C=C1CCC[C@@]2(C)Cc3occ(C)c3C[C@@H]12. The fourth-order valence-electron chi connectivity index (χ4n) is 3.68. The van der Waals surface area contributed by atoms with E-state index in [0.29, 0.717) is 11.3 Å². The fourth-order valence-corrected chi connectivity index (χ4v) is 3.68. The van der Waals surface area contributed by atoms with Gasteiger partial charge in [-0.2, -0.15) is 0 Å². The van der Waals surface area contributed by atoms with Crippen LogP contribution in [-0.2, 0) is 12.8 Å². The van der Waals surface area contributed by atoms with E-state index in [1.54, 1.807) is 0 Å². The van der Waals surface area contributed by atoms with Crippen LogP contribution in [0.15, 0.2) is 22.8 Å². The Morgan fingerprint density at radius 2 is 2.31 bits per heavy atom. The van der Waals surface area contributed by atoms with Crippen LogP contribution in [0.2, 0.25) is 0 Å². The maximum Gasteiger partial charge on any atom is 0.107 e. The molecule has 2 atom stereocenters. The molecule has 1 saturated carbocycles. The first-order valence-corrected chi connectivity index (χ1v) is 6.34. The molecule has 0 bridgehead atoms. The Morgan fingerprint density at radius 3 is 3.12 bits per heavy atom. The number of rotatable bonds is 0. The molecule has 0 spiro atoms. The van der Waals surface area contributed by atoms with Crippen molar-refractivity contribution in [1.29, 1.82) is 0 Å². The maximum absolute atomic E-state index is 5.71. The van der Waals surface area contributed by atoms with Gasteiger partial charge >= 0.3 is 0 Å². The Balaban J connectivity index is 2.04. The number of furan rings is 1. The van der Waals surface area contributed by atoms with Crippen LogP contribution < -0.4 is 0 Å². The van der Waals surface area contributed by atoms with Crippen molar-refractivity contribution in [1.82, 2.24) is 0 Å². The summed E-state index contributed by atoms with van der Waals surface area (Å²) in [7, 11) is 0. The van der Waals surface area contributed by atoms with Gasteiger partial charge in [-0.05, 0) is 55.1 Å². The second-order valence-electron chi connectivity index (χ2n) is 5.92. The highest BCUT2D eigenvalue weighted by atomic mass is 16.3. The first-order chi connectivity index (χ1) is 7.60. The summed E-state index contributed by atoms with van der Waals surface area (Å²) in [5.41, 5.74) is 4.67. The van der Waals surface area contributed by atoms with Crippen molar-refractivity contribution in [2.45, 2.75) is 46.0 Å². The highest BCUT2D eigenvalue weighted by molar-refractivity contribution is 5.34. The molecule has 1 heterocycles. The summed E-state index contributed by atoms with van der Waals surface area (Å²) in [4.78, 5) is 0. The molecular weight excluding hydrogens is 196 g/mol. The minimum absolute atomic E-state index is 0.409. The molecule has 1 aromatic rings. The van der Waals surface area contributed by atoms with Crippen LogP contribution in [0, 0.1) is 18.3 Å². The molecular formula is C15H20O. The van der Waals surface area contributed by atoms with Gasteiger partial charge in [0.1, 0.15) is 5.76 Å². The van der Waals surface area contributed by atoms with Gasteiger partial charge in [0, 0.05) is 6.42 Å². The minimum Gasteiger partial charge on any atom is -0.469 e. The average Bonchev–Trinajstić information content (AvgIpc) is 2.57. The molecule has 1 aromatic heterocycles. The lowest BCUT2D eigenvalue weighted by molar-refractivity contribution is 0.138. The fraction of sp³-hybridized carbons (Fsp3) is 0.600. The number of hydrogen-bond donors (Lipinski definition) is 0. The van der Waals surface area contributed by atoms with E-state index in [2.05, 4.69) is 20.4 Å². The Kier molecular flexibility index (Phi) is 2.07. The molecule has 0 N–H and O–H groups in total. The molecule has 1 heteroatoms. The Hall–Kier alpha value is -0.980. The second kappa shape index (κ2) is 3.26. The van der Waals surface area contributed by atoms with Crippen LogP contribution in [-0.4, -0.2) is 0 Å². The number of fused-ring (bicyclic) bond motifs is 2. The third kappa shape index (κ3) is 1.30. The lowest BCUT2D eigenvalue weighted by atomic mass is 9.59. The third-order valence-electron chi connectivity index (χ3n) is 4.74. The zero-order valence-electron chi connectivity index (χ0n) is 10.3. The summed E-state index contributed by atoms with van der Waals surface area (Å²) in [6.07, 6.45) is 8.06. The normalized spacial score (nSPS) is 33.4. The zero-order valence-corrected chi connectivity index (χ0v) is 10.3. The van der Waals surface area contributed by atoms with Gasteiger partial charge in [-0.3, -0.25) is 0 Å². The minimum atomic E-state index is 0.409. The molecule has 1 nitrogen and oxygen atoms in total. The molecule has 2 aliphatic rings. The molecule has 0 unspecified atom stereocenters. The van der Waals surface area contributed by atoms with E-state index in [9.17, 15) is 0 Å². The van der Waals surface area contributed by atoms with Crippen molar-refractivity contribution in [3.05, 3.63) is 35.3 Å². The van der Waals surface area contributed by atoms with Crippen molar-refractivity contribution in [2.24, 2.45) is 11.3 Å². The molecule has 2 aliphatic carbocycles. The average molecular weight is 216 g/mol. The van der Waals surface area contributed by atoms with Crippen molar-refractivity contribution in [3.8, 4) is 0 Å². The monoisotopic (exact) mass is 216 g/mol. The highest BCUT2D eigenvalue weighted by Crippen LogP contribution is 2.51. The summed E-state index contributed by atoms with van der Waals surface area (Å²) in [5.74, 6) is 1.93. The van der Waals surface area contributed by atoms with E-state index in [1.165, 1.54) is 41.7 Å². The number of allylic oxidation sites excluding steroid dienone is 1. The number of hydrogen-bond acceptors (Lipinski definition) is 1. The van der Waals surface area contributed by atoms with Crippen molar-refractivity contribution in [3.63, 3.8) is 0 Å². The zero-order chi connectivity index (χ0) is 11.3. The first kappa shape index (κ1) is 10.2. The second-order valence-corrected chi connectivity index (χ2v) is 5.92. The van der Waals surface area contributed by atoms with Gasteiger partial charge in [0.25, 0.3) is 0 Å². The summed E-state index contributed by atoms with van der Waals surface area (Å²) >= 11 is 0. The van der Waals surface area contributed by atoms with Gasteiger partial charge < -0.3 is 4.42 Å². The molecule has 0 saturated heterocycles. The van der Waals surface area contributed by atoms with E-state index in [-0.39, 0.29) is 0 Å². The van der Waals surface area contributed by atoms with Gasteiger partial charge in [-0.25, -0.2) is 0 Å². The predicted octanol–water partition coefficient (Wildman–Crippen LogP) is 4.05. The maximum atomic E-state index is 5.71. The van der Waals surface area contributed by atoms with Gasteiger partial charge in [0.15, 0.2) is 0 Å². The quantitative estimate of drug-likeness (QED) is 0.596. The topological polar surface area (TPSA) is 13.1 Å². The van der Waals surface area contributed by atoms with Crippen LogP contribution >= 0.6 is 0 Å².